The summed E-state index contributed by atoms with van der Waals surface area (Å²) < 4.78 is 13.3. The van der Waals surface area contributed by atoms with Gasteiger partial charge in [0.05, 0.1) is 33.5 Å². The van der Waals surface area contributed by atoms with E-state index in [0.717, 1.165) is 46.8 Å². The monoisotopic (exact) mass is 722 g/mol. The van der Waals surface area contributed by atoms with Gasteiger partial charge in [0.15, 0.2) is 35.2 Å². The number of aromatic hydroxyl groups is 2. The van der Waals surface area contributed by atoms with E-state index in [9.17, 15) is 20.4 Å². The Kier molecular flexibility index (Phi) is 7.61. The van der Waals surface area contributed by atoms with Crippen LogP contribution in [0.5, 0.6) is 23.0 Å². The van der Waals surface area contributed by atoms with Gasteiger partial charge >= 0.3 is 0 Å². The van der Waals surface area contributed by atoms with E-state index in [0.29, 0.717) is 76.0 Å². The summed E-state index contributed by atoms with van der Waals surface area (Å²) in [6.07, 6.45) is 7.42. The molecule has 0 radical (unpaired) electrons. The van der Waals surface area contributed by atoms with Gasteiger partial charge < -0.3 is 29.9 Å². The molecule has 12 heteroatoms. The molecule has 266 valence electrons. The second-order valence-corrected chi connectivity index (χ2v) is 15.4. The number of hydrogen-bond acceptors (Lipinski definition) is 10. The van der Waals surface area contributed by atoms with E-state index in [1.54, 1.807) is 12.1 Å². The minimum Gasteiger partial charge on any atom is -0.504 e. The van der Waals surface area contributed by atoms with Crippen LogP contribution in [0, 0.1) is 0 Å². The molecule has 4 aliphatic heterocycles. The Morgan fingerprint density at radius 2 is 1.12 bits per heavy atom. The number of likely N-dealkylation sites (tertiary alicyclic amines) is 2. The van der Waals surface area contributed by atoms with Crippen LogP contribution in [0.4, 0.5) is 0 Å². The minimum atomic E-state index is -1.06. The highest BCUT2D eigenvalue weighted by Gasteiger charge is 2.74. The zero-order chi connectivity index (χ0) is 32.8. The lowest BCUT2D eigenvalue weighted by Gasteiger charge is -2.63. The molecule has 8 atom stereocenters. The molecule has 2 spiro atoms. The fourth-order valence-corrected chi connectivity index (χ4v) is 12.0. The van der Waals surface area contributed by atoms with E-state index < -0.39 is 34.2 Å². The summed E-state index contributed by atoms with van der Waals surface area (Å²) >= 11 is 0. The van der Waals surface area contributed by atoms with Crippen LogP contribution in [0.15, 0.2) is 59.8 Å². The second-order valence-electron chi connectivity index (χ2n) is 15.4. The van der Waals surface area contributed by atoms with Crippen LogP contribution in [-0.2, 0) is 23.7 Å². The molecule has 10 rings (SSSR count). The Balaban J connectivity index is 0.00000180. The molecule has 2 unspecified atom stereocenters. The standard InChI is InChI=1S/C38H42N4O6.2ClH/c1-3-15-41-17-13-35-29-21-5-7-25(43)31(29)47-33(35)23(9-11-37(35,45)27(41)19-21)39-40-24-10-12-38(46)28-20-22-6-8-26(44)32-30(22)36(38,34(24)48-32)14-18-42(28)16-4-2;;/h3-8,27-28,33-34,43-46H,1-2,9-20H2;2*1H/b39-23-,40-24-;;/t27?,28?,33-,34-,35+,36+,37-,38-;;/m1../s1. The normalized spacial score (nSPS) is 39.7. The van der Waals surface area contributed by atoms with Crippen LogP contribution >= 0.6 is 24.8 Å². The molecule has 4 heterocycles. The van der Waals surface area contributed by atoms with Crippen molar-refractivity contribution in [2.75, 3.05) is 26.2 Å². The summed E-state index contributed by atoms with van der Waals surface area (Å²) in [7, 11) is 0. The summed E-state index contributed by atoms with van der Waals surface area (Å²) in [6.45, 7) is 10.9. The number of aliphatic hydroxyl groups is 2. The van der Waals surface area contributed by atoms with E-state index in [1.165, 1.54) is 0 Å². The number of phenols is 2. The van der Waals surface area contributed by atoms with Crippen molar-refractivity contribution in [3.05, 3.63) is 71.8 Å². The minimum absolute atomic E-state index is 0. The lowest BCUT2D eigenvalue weighted by Crippen LogP contribution is -2.76. The van der Waals surface area contributed by atoms with Crippen molar-refractivity contribution in [3.8, 4) is 23.0 Å². The second kappa shape index (κ2) is 11.2. The number of halogens is 2. The maximum Gasteiger partial charge on any atom is 0.166 e. The van der Waals surface area contributed by atoms with Crippen LogP contribution in [0.1, 0.15) is 60.8 Å². The van der Waals surface area contributed by atoms with E-state index in [2.05, 4.69) is 23.0 Å². The molecular weight excluding hydrogens is 679 g/mol. The maximum atomic E-state index is 12.7. The van der Waals surface area contributed by atoms with Crippen LogP contribution in [0.2, 0.25) is 0 Å². The van der Waals surface area contributed by atoms with Gasteiger partial charge in [0.25, 0.3) is 0 Å². The summed E-state index contributed by atoms with van der Waals surface area (Å²) in [5, 5.41) is 57.4. The molecule has 4 aliphatic carbocycles. The van der Waals surface area contributed by atoms with Crippen LogP contribution in [-0.4, -0.2) is 103 Å². The van der Waals surface area contributed by atoms with Gasteiger partial charge in [-0.25, -0.2) is 0 Å². The van der Waals surface area contributed by atoms with Gasteiger partial charge in [-0.1, -0.05) is 24.3 Å². The SMILES string of the molecule is C=CCN1CC[C@]23c4c5ccc(O)c4O[C@@H]2/C(=N\N=C2\CC[C@@]4(O)C6Cc7ccc(O)c8c7[C@@]4(CCN6CC=C)[C@@H]2O8)CC[C@@]3(O)C1C5.Cl.Cl. The predicted octanol–water partition coefficient (Wildman–Crippen LogP) is 4.12. The molecule has 0 aromatic heterocycles. The Bertz CT molecular complexity index is 1750. The molecule has 2 aromatic carbocycles. The van der Waals surface area contributed by atoms with Crippen molar-refractivity contribution in [3.63, 3.8) is 0 Å². The molecule has 4 fully saturated rings. The highest BCUT2D eigenvalue weighted by atomic mass is 35.5. The van der Waals surface area contributed by atoms with Crippen LogP contribution in [0.3, 0.4) is 0 Å². The Labute approximate surface area is 304 Å². The molecule has 10 nitrogen and oxygen atoms in total. The predicted molar refractivity (Wildman–Crippen MR) is 194 cm³/mol. The van der Waals surface area contributed by atoms with Crippen molar-refractivity contribution < 1.29 is 29.9 Å². The first-order valence-electron chi connectivity index (χ1n) is 17.5. The third-order valence-electron chi connectivity index (χ3n) is 13.8. The number of nitrogens with zero attached hydrogens (tertiary/aromatic N) is 4. The molecule has 4 bridgehead atoms. The van der Waals surface area contributed by atoms with Crippen molar-refractivity contribution in [2.24, 2.45) is 10.2 Å². The van der Waals surface area contributed by atoms with Gasteiger partial charge in [-0.15, -0.1) is 38.0 Å². The first-order valence-corrected chi connectivity index (χ1v) is 17.5. The number of rotatable bonds is 5. The molecule has 0 amide bonds. The van der Waals surface area contributed by atoms with Crippen molar-refractivity contribution >= 4 is 36.2 Å². The molecule has 2 saturated carbocycles. The van der Waals surface area contributed by atoms with E-state index in [-0.39, 0.29) is 48.4 Å². The van der Waals surface area contributed by atoms with E-state index in [1.807, 2.05) is 24.3 Å². The van der Waals surface area contributed by atoms with Crippen molar-refractivity contribution in [2.45, 2.75) is 97.7 Å². The van der Waals surface area contributed by atoms with Crippen LogP contribution < -0.4 is 9.47 Å². The molecule has 4 N–H and O–H groups in total. The fraction of sp³-hybridized carbons (Fsp3) is 0.526. The average Bonchev–Trinajstić information content (AvgIpc) is 3.61. The van der Waals surface area contributed by atoms with Gasteiger partial charge in [-0.2, -0.15) is 10.2 Å². The maximum absolute atomic E-state index is 12.7. The fourth-order valence-electron chi connectivity index (χ4n) is 12.0. The van der Waals surface area contributed by atoms with Gasteiger partial charge in [-0.05, 0) is 74.6 Å². The van der Waals surface area contributed by atoms with Gasteiger partial charge in [-0.3, -0.25) is 9.80 Å². The molecule has 50 heavy (non-hydrogen) atoms. The van der Waals surface area contributed by atoms with Crippen molar-refractivity contribution in [1.82, 2.24) is 9.80 Å². The smallest absolute Gasteiger partial charge is 0.166 e. The van der Waals surface area contributed by atoms with Gasteiger partial charge in [0.2, 0.25) is 0 Å². The zero-order valence-corrected chi connectivity index (χ0v) is 29.5. The van der Waals surface area contributed by atoms with E-state index in [4.69, 9.17) is 19.7 Å². The highest BCUT2D eigenvalue weighted by molar-refractivity contribution is 5.98. The largest absolute Gasteiger partial charge is 0.504 e. The van der Waals surface area contributed by atoms with Gasteiger partial charge in [0.1, 0.15) is 0 Å². The highest BCUT2D eigenvalue weighted by Crippen LogP contribution is 2.66. The Hall–Kier alpha value is -3.12. The topological polar surface area (TPSA) is 131 Å². The first kappa shape index (κ1) is 34.0. The third kappa shape index (κ3) is 3.75. The van der Waals surface area contributed by atoms with Crippen LogP contribution in [0.25, 0.3) is 0 Å². The Morgan fingerprint density at radius 1 is 0.700 bits per heavy atom. The van der Waals surface area contributed by atoms with E-state index >= 15 is 0 Å². The summed E-state index contributed by atoms with van der Waals surface area (Å²) in [6, 6.07) is 7.18. The number of phenolic OH excluding ortho intramolecular Hbond substituents is 2. The van der Waals surface area contributed by atoms with Crippen molar-refractivity contribution in [1.29, 1.82) is 0 Å². The third-order valence-corrected chi connectivity index (χ3v) is 13.8. The number of hydrogen-bond donors (Lipinski definition) is 4. The molecular formula is C38H44Cl2N4O6. The lowest BCUT2D eigenvalue weighted by molar-refractivity contribution is -0.164. The number of ether oxygens (including phenoxy) is 2. The molecule has 2 aromatic rings. The Morgan fingerprint density at radius 3 is 1.52 bits per heavy atom. The summed E-state index contributed by atoms with van der Waals surface area (Å²) in [4.78, 5) is 4.68. The zero-order valence-electron chi connectivity index (χ0n) is 27.9. The number of piperidine rings is 2. The first-order chi connectivity index (χ1) is 23.2. The average molecular weight is 724 g/mol. The summed E-state index contributed by atoms with van der Waals surface area (Å²) in [5.41, 5.74) is 1.99. The number of benzene rings is 2. The quantitative estimate of drug-likeness (QED) is 0.268. The molecule has 8 aliphatic rings. The summed E-state index contributed by atoms with van der Waals surface area (Å²) in [5.74, 6) is 1.11. The van der Waals surface area contributed by atoms with Gasteiger partial charge in [0, 0.05) is 49.4 Å². The molecule has 2 saturated heterocycles. The lowest BCUT2D eigenvalue weighted by atomic mass is 9.48.